The van der Waals surface area contributed by atoms with Crippen LogP contribution in [0.4, 0.5) is 4.39 Å². The maximum absolute atomic E-state index is 12.7. The molecule has 18 heavy (non-hydrogen) atoms. The smallest absolute Gasteiger partial charge is 0.184 e. The van der Waals surface area contributed by atoms with Crippen LogP contribution in [-0.4, -0.2) is 26.8 Å². The van der Waals surface area contributed by atoms with Crippen molar-refractivity contribution in [2.45, 2.75) is 32.3 Å². The van der Waals surface area contributed by atoms with Gasteiger partial charge in [-0.05, 0) is 37.3 Å². The first-order valence-corrected chi connectivity index (χ1v) is 10.0. The van der Waals surface area contributed by atoms with Crippen molar-refractivity contribution >= 4 is 19.9 Å². The molecule has 1 aromatic carbocycles. The second-order valence-electron chi connectivity index (χ2n) is 5.26. The summed E-state index contributed by atoms with van der Waals surface area (Å²) in [7, 11) is -1.55. The van der Waals surface area contributed by atoms with Gasteiger partial charge in [-0.1, -0.05) is 12.1 Å². The topological polar surface area (TPSA) is 21.3 Å². The molecule has 2 nitrogen and oxygen atoms in total. The lowest BCUT2D eigenvalue weighted by molar-refractivity contribution is 0.212. The average Bonchev–Trinajstić information content (AvgIpc) is 2.29. The third kappa shape index (κ3) is 6.49. The van der Waals surface area contributed by atoms with Crippen molar-refractivity contribution in [1.82, 2.24) is 5.32 Å². The fourth-order valence-electron chi connectivity index (χ4n) is 1.61. The molecular weight excluding hydrogens is 269 g/mol. The monoisotopic (exact) mass is 289 g/mol. The minimum Gasteiger partial charge on any atom is -0.412 e. The van der Waals surface area contributed by atoms with Crippen molar-refractivity contribution in [3.05, 3.63) is 35.6 Å². The predicted octanol–water partition coefficient (Wildman–Crippen LogP) is 3.37. The summed E-state index contributed by atoms with van der Waals surface area (Å²) >= 11 is 5.88. The summed E-state index contributed by atoms with van der Waals surface area (Å²) in [5.41, 5.74) is 1.05. The molecule has 0 heterocycles. The van der Waals surface area contributed by atoms with Gasteiger partial charge >= 0.3 is 0 Å². The summed E-state index contributed by atoms with van der Waals surface area (Å²) in [6.45, 7) is 7.85. The minimum absolute atomic E-state index is 0.0405. The van der Waals surface area contributed by atoms with Gasteiger partial charge in [0.05, 0.1) is 6.10 Å². The molecule has 0 radical (unpaired) electrons. The third-order valence-electron chi connectivity index (χ3n) is 2.31. The summed E-state index contributed by atoms with van der Waals surface area (Å²) in [5.74, 6) is 0.278. The van der Waals surface area contributed by atoms with E-state index in [-0.39, 0.29) is 11.9 Å². The Morgan fingerprint density at radius 1 is 1.28 bits per heavy atom. The number of hydrogen-bond donors (Lipinski definition) is 1. The summed E-state index contributed by atoms with van der Waals surface area (Å²) in [4.78, 5) is 0. The lowest BCUT2D eigenvalue weighted by atomic mass is 10.2. The van der Waals surface area contributed by atoms with Crippen LogP contribution in [-0.2, 0) is 11.0 Å². The first-order chi connectivity index (χ1) is 8.40. The maximum Gasteiger partial charge on any atom is 0.184 e. The molecule has 1 N–H and O–H groups in total. The van der Waals surface area contributed by atoms with Gasteiger partial charge in [-0.2, -0.15) is 0 Å². The van der Waals surface area contributed by atoms with Crippen LogP contribution in [0.3, 0.4) is 0 Å². The third-order valence-corrected chi connectivity index (χ3v) is 3.69. The highest BCUT2D eigenvalue weighted by molar-refractivity contribution is 6.69. The quantitative estimate of drug-likeness (QED) is 0.614. The van der Waals surface area contributed by atoms with Gasteiger partial charge in [0, 0.05) is 19.0 Å². The van der Waals surface area contributed by atoms with Gasteiger partial charge < -0.3 is 9.74 Å². The van der Waals surface area contributed by atoms with Gasteiger partial charge in [-0.15, -0.1) is 11.6 Å². The van der Waals surface area contributed by atoms with E-state index in [1.54, 1.807) is 12.1 Å². The lowest BCUT2D eigenvalue weighted by Gasteiger charge is -2.25. The summed E-state index contributed by atoms with van der Waals surface area (Å²) in [6.07, 6.45) is 0.0405. The van der Waals surface area contributed by atoms with Crippen molar-refractivity contribution in [3.8, 4) is 0 Å². The number of nitrogens with one attached hydrogen (secondary N) is 1. The largest absolute Gasteiger partial charge is 0.412 e. The molecule has 0 saturated carbocycles. The van der Waals surface area contributed by atoms with Gasteiger partial charge in [0.1, 0.15) is 5.82 Å². The van der Waals surface area contributed by atoms with Crippen LogP contribution >= 0.6 is 11.6 Å². The predicted molar refractivity (Wildman–Crippen MR) is 77.0 cm³/mol. The molecule has 0 saturated heterocycles. The van der Waals surface area contributed by atoms with Crippen LogP contribution in [0.5, 0.6) is 0 Å². The number of alkyl halides is 1. The van der Waals surface area contributed by atoms with E-state index in [1.165, 1.54) is 12.1 Å². The van der Waals surface area contributed by atoms with Gasteiger partial charge in [0.2, 0.25) is 0 Å². The van der Waals surface area contributed by atoms with E-state index in [9.17, 15) is 4.39 Å². The Kier molecular flexibility index (Phi) is 6.28. The zero-order valence-electron chi connectivity index (χ0n) is 11.2. The van der Waals surface area contributed by atoms with Crippen LogP contribution in [0.2, 0.25) is 19.6 Å². The summed E-state index contributed by atoms with van der Waals surface area (Å²) in [6, 6.07) is 6.48. The van der Waals surface area contributed by atoms with Gasteiger partial charge in [0.25, 0.3) is 0 Å². The molecule has 1 atom stereocenters. The molecule has 102 valence electrons. The van der Waals surface area contributed by atoms with Gasteiger partial charge in [-0.3, -0.25) is 0 Å². The van der Waals surface area contributed by atoms with Gasteiger partial charge in [-0.25, -0.2) is 4.39 Å². The molecular formula is C13H21ClFNOSi. The Labute approximate surface area is 115 Å². The highest BCUT2D eigenvalue weighted by atomic mass is 35.5. The molecule has 0 amide bonds. The van der Waals surface area contributed by atoms with E-state index < -0.39 is 8.32 Å². The van der Waals surface area contributed by atoms with Crippen molar-refractivity contribution < 1.29 is 8.82 Å². The Bertz CT molecular complexity index is 353. The first kappa shape index (κ1) is 15.6. The Morgan fingerprint density at radius 3 is 2.39 bits per heavy atom. The highest BCUT2D eigenvalue weighted by Crippen LogP contribution is 2.08. The zero-order chi connectivity index (χ0) is 13.6. The van der Waals surface area contributed by atoms with E-state index in [0.717, 1.165) is 5.56 Å². The van der Waals surface area contributed by atoms with Crippen molar-refractivity contribution in [2.75, 3.05) is 12.4 Å². The molecule has 0 spiro atoms. The average molecular weight is 290 g/mol. The molecule has 1 rings (SSSR count). The Morgan fingerprint density at radius 2 is 1.89 bits per heavy atom. The molecule has 1 aromatic rings. The summed E-state index contributed by atoms with van der Waals surface area (Å²) in [5, 5.41) is 3.29. The van der Waals surface area contributed by atoms with Crippen molar-refractivity contribution in [2.24, 2.45) is 0 Å². The first-order valence-electron chi connectivity index (χ1n) is 6.09. The van der Waals surface area contributed by atoms with E-state index >= 15 is 0 Å². The van der Waals surface area contributed by atoms with Gasteiger partial charge in [0.15, 0.2) is 8.32 Å². The molecule has 0 aliphatic heterocycles. The van der Waals surface area contributed by atoms with Crippen LogP contribution in [0.1, 0.15) is 5.56 Å². The second kappa shape index (κ2) is 7.24. The fourth-order valence-corrected chi connectivity index (χ4v) is 3.05. The second-order valence-corrected chi connectivity index (χ2v) is 10.0. The van der Waals surface area contributed by atoms with Crippen molar-refractivity contribution in [3.63, 3.8) is 0 Å². The number of rotatable bonds is 7. The molecule has 0 aromatic heterocycles. The molecule has 0 aliphatic carbocycles. The molecule has 0 fully saturated rings. The standard InChI is InChI=1S/C13H21ClFNOSi/c1-18(2,3)17-13(8-14)10-16-9-11-4-6-12(15)7-5-11/h4-7,13,16H,8-10H2,1-3H3. The SMILES string of the molecule is C[Si](C)(C)OC(CCl)CNCc1ccc(F)cc1. The van der Waals surface area contributed by atoms with E-state index in [0.29, 0.717) is 19.0 Å². The minimum atomic E-state index is -1.55. The van der Waals surface area contributed by atoms with Crippen LogP contribution < -0.4 is 5.32 Å². The lowest BCUT2D eigenvalue weighted by Crippen LogP contribution is -2.39. The van der Waals surface area contributed by atoms with Crippen LogP contribution in [0.25, 0.3) is 0 Å². The fraction of sp³-hybridized carbons (Fsp3) is 0.538. The number of benzene rings is 1. The molecule has 0 aliphatic rings. The molecule has 5 heteroatoms. The number of halogens is 2. The van der Waals surface area contributed by atoms with Crippen LogP contribution in [0.15, 0.2) is 24.3 Å². The molecule has 1 unspecified atom stereocenters. The van der Waals surface area contributed by atoms with E-state index in [4.69, 9.17) is 16.0 Å². The Hall–Kier alpha value is -0.423. The zero-order valence-corrected chi connectivity index (χ0v) is 12.9. The van der Waals surface area contributed by atoms with Crippen molar-refractivity contribution in [1.29, 1.82) is 0 Å². The normalized spacial score (nSPS) is 13.6. The molecule has 0 bridgehead atoms. The Balaban J connectivity index is 2.33. The number of hydrogen-bond acceptors (Lipinski definition) is 2. The highest BCUT2D eigenvalue weighted by Gasteiger charge is 2.20. The van der Waals surface area contributed by atoms with Crippen LogP contribution in [0, 0.1) is 5.82 Å². The maximum atomic E-state index is 12.7. The summed E-state index contributed by atoms with van der Waals surface area (Å²) < 4.78 is 18.7. The van der Waals surface area contributed by atoms with E-state index in [2.05, 4.69) is 25.0 Å². The van der Waals surface area contributed by atoms with E-state index in [1.807, 2.05) is 0 Å².